The molecule has 2 heterocycles. The van der Waals surface area contributed by atoms with Gasteiger partial charge in [-0.3, -0.25) is 13.9 Å². The summed E-state index contributed by atoms with van der Waals surface area (Å²) in [6.07, 6.45) is 1.63. The Kier molecular flexibility index (Phi) is 6.98. The minimum atomic E-state index is -0.365. The minimum Gasteiger partial charge on any atom is -0.494 e. The molecule has 31 heavy (non-hydrogen) atoms. The number of aryl methyl sites for hydroxylation is 2. The molecule has 0 N–H and O–H groups in total. The minimum absolute atomic E-state index is 0.337. The molecule has 3 rings (SSSR count). The van der Waals surface area contributed by atoms with Crippen LogP contribution in [0.15, 0.2) is 33.9 Å². The number of imidazole rings is 1. The van der Waals surface area contributed by atoms with E-state index in [1.54, 1.807) is 18.7 Å². The smallest absolute Gasteiger partial charge is 0.332 e. The van der Waals surface area contributed by atoms with E-state index in [1.165, 1.54) is 9.13 Å². The fraction of sp³-hybridized carbons (Fsp3) is 0.435. The molecule has 0 atom stereocenters. The predicted molar refractivity (Wildman–Crippen MR) is 122 cm³/mol. The van der Waals surface area contributed by atoms with Gasteiger partial charge in [0.2, 0.25) is 0 Å². The van der Waals surface area contributed by atoms with E-state index >= 15 is 0 Å². The van der Waals surface area contributed by atoms with Gasteiger partial charge in [0, 0.05) is 32.7 Å². The zero-order valence-electron chi connectivity index (χ0n) is 18.8. The Balaban J connectivity index is 1.90. The molecule has 8 nitrogen and oxygen atoms in total. The summed E-state index contributed by atoms with van der Waals surface area (Å²) in [6, 6.07) is 7.58. The zero-order valence-corrected chi connectivity index (χ0v) is 18.8. The van der Waals surface area contributed by atoms with Gasteiger partial charge in [0.15, 0.2) is 17.0 Å². The van der Waals surface area contributed by atoms with E-state index in [0.29, 0.717) is 36.6 Å². The summed E-state index contributed by atoms with van der Waals surface area (Å²) >= 11 is 0. The SMILES string of the molecule is CCCn1c(=O)c2c(nc(C#Cc3cccc(OCCCN(C)C)c3)n2C)n(C)c1=O. The summed E-state index contributed by atoms with van der Waals surface area (Å²) in [5, 5.41) is 0. The van der Waals surface area contributed by atoms with Crippen molar-refractivity contribution in [2.75, 3.05) is 27.2 Å². The zero-order chi connectivity index (χ0) is 22.5. The maximum absolute atomic E-state index is 12.8. The number of fused-ring (bicyclic) bond motifs is 1. The molecular formula is C23H29N5O3. The molecule has 0 bridgehead atoms. The summed E-state index contributed by atoms with van der Waals surface area (Å²) in [6.45, 7) is 3.90. The Morgan fingerprint density at radius 2 is 1.90 bits per heavy atom. The normalized spacial score (nSPS) is 11.0. The van der Waals surface area contributed by atoms with Crippen molar-refractivity contribution in [3.8, 4) is 17.6 Å². The van der Waals surface area contributed by atoms with Crippen LogP contribution < -0.4 is 16.0 Å². The molecule has 0 amide bonds. The van der Waals surface area contributed by atoms with Crippen LogP contribution in [0.25, 0.3) is 11.2 Å². The Hall–Kier alpha value is -3.31. The van der Waals surface area contributed by atoms with Crippen molar-refractivity contribution >= 4 is 11.2 Å². The number of aromatic nitrogens is 4. The van der Waals surface area contributed by atoms with Crippen molar-refractivity contribution in [3.05, 3.63) is 56.5 Å². The quantitative estimate of drug-likeness (QED) is 0.426. The van der Waals surface area contributed by atoms with Crippen LogP contribution in [0.4, 0.5) is 0 Å². The number of nitrogens with zero attached hydrogens (tertiary/aromatic N) is 5. The molecule has 0 aliphatic rings. The van der Waals surface area contributed by atoms with Gasteiger partial charge in [-0.15, -0.1) is 0 Å². The average molecular weight is 424 g/mol. The molecule has 0 unspecified atom stereocenters. The third-order valence-electron chi connectivity index (χ3n) is 4.98. The molecule has 0 radical (unpaired) electrons. The van der Waals surface area contributed by atoms with Crippen LogP contribution in [-0.2, 0) is 20.6 Å². The number of rotatable bonds is 7. The largest absolute Gasteiger partial charge is 0.494 e. The molecular weight excluding hydrogens is 394 g/mol. The molecule has 3 aromatic rings. The highest BCUT2D eigenvalue weighted by molar-refractivity contribution is 5.72. The standard InChI is InChI=1S/C23H29N5O3/c1-6-13-28-22(29)20-21(27(5)23(28)30)24-19(26(20)4)12-11-17-9-7-10-18(16-17)31-15-8-14-25(2)3/h7,9-10,16H,6,8,13-15H2,1-5H3. The van der Waals surface area contributed by atoms with Gasteiger partial charge in [0.05, 0.1) is 6.61 Å². The van der Waals surface area contributed by atoms with Gasteiger partial charge in [-0.2, -0.15) is 0 Å². The van der Waals surface area contributed by atoms with Gasteiger partial charge >= 0.3 is 5.69 Å². The van der Waals surface area contributed by atoms with Gasteiger partial charge in [-0.05, 0) is 51.1 Å². The predicted octanol–water partition coefficient (Wildman–Crippen LogP) is 1.57. The second-order valence-corrected chi connectivity index (χ2v) is 7.75. The van der Waals surface area contributed by atoms with Crippen molar-refractivity contribution in [2.45, 2.75) is 26.3 Å². The van der Waals surface area contributed by atoms with E-state index in [-0.39, 0.29) is 11.2 Å². The molecule has 0 spiro atoms. The van der Waals surface area contributed by atoms with Gasteiger partial charge in [0.25, 0.3) is 5.56 Å². The highest BCUT2D eigenvalue weighted by atomic mass is 16.5. The number of hydrogen-bond donors (Lipinski definition) is 0. The van der Waals surface area contributed by atoms with Crippen LogP contribution in [0, 0.1) is 11.8 Å². The first-order valence-corrected chi connectivity index (χ1v) is 10.4. The van der Waals surface area contributed by atoms with E-state index < -0.39 is 0 Å². The van der Waals surface area contributed by atoms with Crippen LogP contribution in [0.5, 0.6) is 5.75 Å². The van der Waals surface area contributed by atoms with Crippen molar-refractivity contribution in [3.63, 3.8) is 0 Å². The first-order chi connectivity index (χ1) is 14.8. The Bertz CT molecular complexity index is 1250. The summed E-state index contributed by atoms with van der Waals surface area (Å²) in [5.41, 5.74) is 0.798. The highest BCUT2D eigenvalue weighted by Crippen LogP contribution is 2.13. The number of hydrogen-bond acceptors (Lipinski definition) is 5. The summed E-state index contributed by atoms with van der Waals surface area (Å²) < 4.78 is 10.1. The number of benzene rings is 1. The Morgan fingerprint density at radius 1 is 1.13 bits per heavy atom. The average Bonchev–Trinajstić information content (AvgIpc) is 3.08. The highest BCUT2D eigenvalue weighted by Gasteiger charge is 2.17. The Labute approximate surface area is 181 Å². The Morgan fingerprint density at radius 3 is 2.61 bits per heavy atom. The molecule has 0 aliphatic heterocycles. The molecule has 1 aromatic carbocycles. The summed E-state index contributed by atoms with van der Waals surface area (Å²) in [5.74, 6) is 7.31. The summed E-state index contributed by atoms with van der Waals surface area (Å²) in [4.78, 5) is 31.9. The molecule has 0 fully saturated rings. The second-order valence-electron chi connectivity index (χ2n) is 7.75. The fourth-order valence-corrected chi connectivity index (χ4v) is 3.34. The van der Waals surface area contributed by atoms with Crippen LogP contribution >= 0.6 is 0 Å². The molecule has 164 valence electrons. The van der Waals surface area contributed by atoms with Gasteiger partial charge in [-0.25, -0.2) is 9.78 Å². The van der Waals surface area contributed by atoms with Crippen LogP contribution in [-0.4, -0.2) is 50.8 Å². The van der Waals surface area contributed by atoms with E-state index in [0.717, 1.165) is 24.3 Å². The monoisotopic (exact) mass is 423 g/mol. The van der Waals surface area contributed by atoms with Crippen LogP contribution in [0.2, 0.25) is 0 Å². The maximum Gasteiger partial charge on any atom is 0.332 e. The topological polar surface area (TPSA) is 74.3 Å². The van der Waals surface area contributed by atoms with Crippen molar-refractivity contribution < 1.29 is 4.74 Å². The van der Waals surface area contributed by atoms with Gasteiger partial charge < -0.3 is 14.2 Å². The van der Waals surface area contributed by atoms with E-state index in [9.17, 15) is 9.59 Å². The summed E-state index contributed by atoms with van der Waals surface area (Å²) in [7, 11) is 7.44. The van der Waals surface area contributed by atoms with E-state index in [4.69, 9.17) is 4.74 Å². The molecule has 2 aromatic heterocycles. The lowest BCUT2D eigenvalue weighted by Crippen LogP contribution is -2.39. The van der Waals surface area contributed by atoms with Gasteiger partial charge in [0.1, 0.15) is 5.75 Å². The molecule has 0 saturated carbocycles. The third kappa shape index (κ3) is 4.89. The lowest BCUT2D eigenvalue weighted by Gasteiger charge is -2.10. The van der Waals surface area contributed by atoms with Crippen molar-refractivity contribution in [2.24, 2.45) is 14.1 Å². The number of ether oxygens (including phenoxy) is 1. The van der Waals surface area contributed by atoms with E-state index in [2.05, 4.69) is 21.7 Å². The maximum atomic E-state index is 12.8. The van der Waals surface area contributed by atoms with E-state index in [1.807, 2.05) is 45.3 Å². The van der Waals surface area contributed by atoms with Gasteiger partial charge in [-0.1, -0.05) is 18.9 Å². The van der Waals surface area contributed by atoms with Crippen molar-refractivity contribution in [1.82, 2.24) is 23.6 Å². The molecule has 8 heteroatoms. The third-order valence-corrected chi connectivity index (χ3v) is 4.98. The van der Waals surface area contributed by atoms with Crippen LogP contribution in [0.3, 0.4) is 0 Å². The fourth-order valence-electron chi connectivity index (χ4n) is 3.34. The lowest BCUT2D eigenvalue weighted by molar-refractivity contribution is 0.281. The molecule has 0 aliphatic carbocycles. The lowest BCUT2D eigenvalue weighted by atomic mass is 10.2. The van der Waals surface area contributed by atoms with Crippen LogP contribution in [0.1, 0.15) is 31.2 Å². The molecule has 0 saturated heterocycles. The first-order valence-electron chi connectivity index (χ1n) is 10.4. The van der Waals surface area contributed by atoms with Crippen molar-refractivity contribution in [1.29, 1.82) is 0 Å². The second kappa shape index (κ2) is 9.67. The first kappa shape index (κ1) is 22.4.